The van der Waals surface area contributed by atoms with Crippen molar-refractivity contribution in [3.05, 3.63) is 24.3 Å². The fourth-order valence-corrected chi connectivity index (χ4v) is 4.53. The summed E-state index contributed by atoms with van der Waals surface area (Å²) in [5, 5.41) is 0. The molecule has 7 heteroatoms. The Labute approximate surface area is 158 Å². The lowest BCUT2D eigenvalue weighted by Crippen LogP contribution is -2.50. The minimum atomic E-state index is -0.253. The second kappa shape index (κ2) is 6.62. The lowest BCUT2D eigenvalue weighted by molar-refractivity contribution is -0.145. The lowest BCUT2D eigenvalue weighted by Gasteiger charge is -2.35. The van der Waals surface area contributed by atoms with Crippen molar-refractivity contribution < 1.29 is 9.59 Å². The molecule has 5 rings (SSSR count). The fraction of sp³-hybridized carbons (Fsp3) is 0.600. The van der Waals surface area contributed by atoms with Crippen molar-refractivity contribution in [3.63, 3.8) is 0 Å². The van der Waals surface area contributed by atoms with E-state index in [0.29, 0.717) is 6.54 Å². The van der Waals surface area contributed by atoms with Gasteiger partial charge in [0, 0.05) is 37.7 Å². The van der Waals surface area contributed by atoms with Gasteiger partial charge in [-0.2, -0.15) is 0 Å². The molecule has 2 aromatic heterocycles. The minimum absolute atomic E-state index is 0.129. The number of hydrogen-bond acceptors (Lipinski definition) is 4. The summed E-state index contributed by atoms with van der Waals surface area (Å²) in [6.07, 6.45) is 9.23. The van der Waals surface area contributed by atoms with E-state index >= 15 is 0 Å². The van der Waals surface area contributed by atoms with Crippen LogP contribution in [-0.4, -0.2) is 62.2 Å². The Bertz CT molecular complexity index is 841. The van der Waals surface area contributed by atoms with E-state index in [-0.39, 0.29) is 29.7 Å². The van der Waals surface area contributed by atoms with E-state index in [4.69, 9.17) is 4.98 Å². The SMILES string of the molecule is O=C([C@H]1CCCN1C(=O)C1CC1)N1CCCC(c2nc3ccncc3[nH]2)C1. The van der Waals surface area contributed by atoms with Crippen molar-refractivity contribution in [1.82, 2.24) is 24.8 Å². The van der Waals surface area contributed by atoms with Crippen molar-refractivity contribution in [2.75, 3.05) is 19.6 Å². The average molecular weight is 367 g/mol. The first-order valence-corrected chi connectivity index (χ1v) is 10.1. The van der Waals surface area contributed by atoms with Crippen LogP contribution in [0.15, 0.2) is 18.5 Å². The molecule has 27 heavy (non-hydrogen) atoms. The highest BCUT2D eigenvalue weighted by Gasteiger charge is 2.42. The van der Waals surface area contributed by atoms with Crippen molar-refractivity contribution >= 4 is 22.8 Å². The number of likely N-dealkylation sites (tertiary alicyclic amines) is 2. The van der Waals surface area contributed by atoms with Crippen LogP contribution in [0.25, 0.3) is 11.0 Å². The van der Waals surface area contributed by atoms with Gasteiger partial charge in [-0.15, -0.1) is 0 Å². The monoisotopic (exact) mass is 367 g/mol. The number of fused-ring (bicyclic) bond motifs is 1. The second-order valence-electron chi connectivity index (χ2n) is 8.10. The molecule has 3 aliphatic rings. The zero-order chi connectivity index (χ0) is 18.4. The summed E-state index contributed by atoms with van der Waals surface area (Å²) in [6.45, 7) is 2.19. The van der Waals surface area contributed by atoms with Gasteiger partial charge in [0.2, 0.25) is 11.8 Å². The molecule has 4 heterocycles. The van der Waals surface area contributed by atoms with E-state index in [1.165, 1.54) is 0 Å². The number of carbonyl (C=O) groups is 2. The summed E-state index contributed by atoms with van der Waals surface area (Å²) in [5.41, 5.74) is 1.85. The van der Waals surface area contributed by atoms with Crippen LogP contribution in [0.4, 0.5) is 0 Å². The van der Waals surface area contributed by atoms with Gasteiger partial charge < -0.3 is 14.8 Å². The van der Waals surface area contributed by atoms with E-state index in [9.17, 15) is 9.59 Å². The third kappa shape index (κ3) is 3.09. The topological polar surface area (TPSA) is 82.2 Å². The Hall–Kier alpha value is -2.44. The summed E-state index contributed by atoms with van der Waals surface area (Å²) >= 11 is 0. The molecule has 2 amide bonds. The molecule has 7 nitrogen and oxygen atoms in total. The van der Waals surface area contributed by atoms with Gasteiger partial charge in [-0.25, -0.2) is 4.98 Å². The summed E-state index contributed by atoms with van der Waals surface area (Å²) < 4.78 is 0. The van der Waals surface area contributed by atoms with Gasteiger partial charge in [0.1, 0.15) is 11.9 Å². The number of aromatic amines is 1. The maximum absolute atomic E-state index is 13.2. The predicted octanol–water partition coefficient (Wildman–Crippen LogP) is 2.06. The summed E-state index contributed by atoms with van der Waals surface area (Å²) in [7, 11) is 0. The number of nitrogens with one attached hydrogen (secondary N) is 1. The first-order chi connectivity index (χ1) is 13.2. The maximum Gasteiger partial charge on any atom is 0.245 e. The molecule has 2 atom stereocenters. The summed E-state index contributed by atoms with van der Waals surface area (Å²) in [6, 6.07) is 1.65. The van der Waals surface area contributed by atoms with E-state index in [2.05, 4.69) is 9.97 Å². The van der Waals surface area contributed by atoms with Gasteiger partial charge in [0.15, 0.2) is 0 Å². The Balaban J connectivity index is 1.31. The van der Waals surface area contributed by atoms with Crippen LogP contribution < -0.4 is 0 Å². The van der Waals surface area contributed by atoms with Crippen LogP contribution in [0, 0.1) is 5.92 Å². The molecule has 0 bridgehead atoms. The number of imidazole rings is 1. The first-order valence-electron chi connectivity index (χ1n) is 10.1. The second-order valence-corrected chi connectivity index (χ2v) is 8.10. The van der Waals surface area contributed by atoms with Crippen LogP contribution in [0.1, 0.15) is 50.3 Å². The van der Waals surface area contributed by atoms with Crippen LogP contribution in [-0.2, 0) is 9.59 Å². The molecule has 2 saturated heterocycles. The number of pyridine rings is 1. The Morgan fingerprint density at radius 1 is 1.07 bits per heavy atom. The minimum Gasteiger partial charge on any atom is -0.340 e. The van der Waals surface area contributed by atoms with Crippen LogP contribution >= 0.6 is 0 Å². The molecule has 0 aromatic carbocycles. The number of H-pyrrole nitrogens is 1. The third-order valence-corrected chi connectivity index (χ3v) is 6.17. The zero-order valence-corrected chi connectivity index (χ0v) is 15.4. The van der Waals surface area contributed by atoms with Crippen LogP contribution in [0.5, 0.6) is 0 Å². The molecule has 0 spiro atoms. The van der Waals surface area contributed by atoms with Crippen molar-refractivity contribution in [2.24, 2.45) is 5.92 Å². The molecular formula is C20H25N5O2. The van der Waals surface area contributed by atoms with Crippen molar-refractivity contribution in [3.8, 4) is 0 Å². The molecule has 3 fully saturated rings. The molecule has 142 valence electrons. The first kappa shape index (κ1) is 16.7. The molecule has 0 radical (unpaired) electrons. The number of rotatable bonds is 3. The fourth-order valence-electron chi connectivity index (χ4n) is 4.53. The van der Waals surface area contributed by atoms with Crippen molar-refractivity contribution in [1.29, 1.82) is 0 Å². The smallest absolute Gasteiger partial charge is 0.245 e. The van der Waals surface area contributed by atoms with Crippen LogP contribution in [0.3, 0.4) is 0 Å². The number of hydrogen-bond donors (Lipinski definition) is 1. The highest BCUT2D eigenvalue weighted by atomic mass is 16.2. The Morgan fingerprint density at radius 3 is 2.74 bits per heavy atom. The van der Waals surface area contributed by atoms with Gasteiger partial charge in [0.25, 0.3) is 0 Å². The van der Waals surface area contributed by atoms with Gasteiger partial charge in [0.05, 0.1) is 17.2 Å². The quantitative estimate of drug-likeness (QED) is 0.900. The number of carbonyl (C=O) groups excluding carboxylic acids is 2. The number of nitrogens with zero attached hydrogens (tertiary/aromatic N) is 4. The highest BCUT2D eigenvalue weighted by molar-refractivity contribution is 5.90. The highest BCUT2D eigenvalue weighted by Crippen LogP contribution is 2.35. The number of amides is 2. The zero-order valence-electron chi connectivity index (χ0n) is 15.4. The Morgan fingerprint density at radius 2 is 1.93 bits per heavy atom. The van der Waals surface area contributed by atoms with Gasteiger partial charge in [-0.3, -0.25) is 14.6 Å². The van der Waals surface area contributed by atoms with E-state index < -0.39 is 0 Å². The Kier molecular flexibility index (Phi) is 4.10. The van der Waals surface area contributed by atoms with Crippen molar-refractivity contribution in [2.45, 2.75) is 50.5 Å². The van der Waals surface area contributed by atoms with Crippen LogP contribution in [0.2, 0.25) is 0 Å². The average Bonchev–Trinajstić information content (AvgIpc) is 3.28. The molecule has 2 aliphatic heterocycles. The van der Waals surface area contributed by atoms with Gasteiger partial charge in [-0.1, -0.05) is 0 Å². The normalized spacial score (nSPS) is 25.9. The van der Waals surface area contributed by atoms with E-state index in [0.717, 1.165) is 68.5 Å². The summed E-state index contributed by atoms with van der Waals surface area (Å²) in [5.74, 6) is 1.65. The summed E-state index contributed by atoms with van der Waals surface area (Å²) in [4.78, 5) is 41.8. The number of aromatic nitrogens is 3. The van der Waals surface area contributed by atoms with E-state index in [1.807, 2.05) is 15.9 Å². The molecule has 1 aliphatic carbocycles. The molecular weight excluding hydrogens is 342 g/mol. The molecule has 1 unspecified atom stereocenters. The predicted molar refractivity (Wildman–Crippen MR) is 99.9 cm³/mol. The lowest BCUT2D eigenvalue weighted by atomic mass is 9.96. The molecule has 1 N–H and O–H groups in total. The third-order valence-electron chi connectivity index (χ3n) is 6.17. The van der Waals surface area contributed by atoms with Gasteiger partial charge in [-0.05, 0) is 44.6 Å². The standard InChI is InChI=1S/C20H25N5O2/c26-19(13-5-6-13)25-10-2-4-17(25)20(27)24-9-1-3-14(12-24)18-22-15-7-8-21-11-16(15)23-18/h7-8,11,13-14,17H,1-6,9-10,12H2,(H,22,23)/t14?,17-/m1/s1. The molecule has 1 saturated carbocycles. The number of piperidine rings is 1. The van der Waals surface area contributed by atoms with Gasteiger partial charge >= 0.3 is 0 Å². The molecule has 2 aromatic rings. The largest absolute Gasteiger partial charge is 0.340 e. The maximum atomic E-state index is 13.2. The van der Waals surface area contributed by atoms with E-state index in [1.54, 1.807) is 12.4 Å².